The standard InChI is InChI=1S/C26H25ClN4O5S/c1-16-12-18(8-9-29-16)17-2-5-20(6-3-17)36-15-21-14-31(10-11-35-21)37(33,34)25-22-13-19(27)4-7-23(22)30-24(25)26(28)32/h2-9,12-13,21,30H,10-11,14-15H2,1H3,(H2,28,32). The topological polar surface area (TPSA) is 128 Å². The monoisotopic (exact) mass is 540 g/mol. The minimum Gasteiger partial charge on any atom is -0.491 e. The molecule has 0 saturated carbocycles. The van der Waals surface area contributed by atoms with Crippen LogP contribution in [0.4, 0.5) is 0 Å². The third-order valence-corrected chi connectivity index (χ3v) is 8.37. The van der Waals surface area contributed by atoms with Crippen LogP contribution in [0.3, 0.4) is 0 Å². The molecule has 0 aliphatic carbocycles. The van der Waals surface area contributed by atoms with Gasteiger partial charge in [-0.1, -0.05) is 23.7 Å². The van der Waals surface area contributed by atoms with E-state index >= 15 is 0 Å². The second-order valence-electron chi connectivity index (χ2n) is 8.76. The zero-order valence-electron chi connectivity index (χ0n) is 20.0. The van der Waals surface area contributed by atoms with E-state index < -0.39 is 22.0 Å². The zero-order chi connectivity index (χ0) is 26.2. The second-order valence-corrected chi connectivity index (χ2v) is 11.1. The highest BCUT2D eigenvalue weighted by Crippen LogP contribution is 2.32. The first-order valence-electron chi connectivity index (χ1n) is 11.6. The molecule has 5 rings (SSSR count). The van der Waals surface area contributed by atoms with E-state index in [-0.39, 0.29) is 36.9 Å². The van der Waals surface area contributed by atoms with Gasteiger partial charge in [-0.2, -0.15) is 4.31 Å². The summed E-state index contributed by atoms with van der Waals surface area (Å²) in [6.07, 6.45) is 1.27. The number of benzene rings is 2. The second kappa shape index (κ2) is 10.1. The molecular formula is C26H25ClN4O5S. The number of fused-ring (bicyclic) bond motifs is 1. The van der Waals surface area contributed by atoms with E-state index in [1.54, 1.807) is 18.3 Å². The first-order chi connectivity index (χ1) is 17.7. The van der Waals surface area contributed by atoms with Crippen molar-refractivity contribution < 1.29 is 22.7 Å². The Labute approximate surface area is 219 Å². The average Bonchev–Trinajstić information content (AvgIpc) is 3.28. The van der Waals surface area contributed by atoms with Crippen molar-refractivity contribution in [2.75, 3.05) is 26.3 Å². The number of aromatic nitrogens is 2. The molecule has 1 atom stereocenters. The Morgan fingerprint density at radius 3 is 2.70 bits per heavy atom. The van der Waals surface area contributed by atoms with Gasteiger partial charge in [-0.15, -0.1) is 0 Å². The molecule has 1 unspecified atom stereocenters. The highest BCUT2D eigenvalue weighted by atomic mass is 35.5. The van der Waals surface area contributed by atoms with Gasteiger partial charge in [0.05, 0.1) is 6.61 Å². The number of pyridine rings is 1. The molecule has 1 aliphatic rings. The van der Waals surface area contributed by atoms with Gasteiger partial charge < -0.3 is 20.2 Å². The summed E-state index contributed by atoms with van der Waals surface area (Å²) in [7, 11) is -4.09. The Morgan fingerprint density at radius 2 is 1.97 bits per heavy atom. The van der Waals surface area contributed by atoms with E-state index in [0.717, 1.165) is 16.8 Å². The quantitative estimate of drug-likeness (QED) is 0.367. The molecule has 9 nitrogen and oxygen atoms in total. The van der Waals surface area contributed by atoms with Crippen molar-refractivity contribution in [3.8, 4) is 16.9 Å². The number of nitrogens with one attached hydrogen (secondary N) is 1. The molecule has 2 aromatic heterocycles. The number of aromatic amines is 1. The number of hydrogen-bond acceptors (Lipinski definition) is 6. The summed E-state index contributed by atoms with van der Waals surface area (Å²) in [6, 6.07) is 16.3. The van der Waals surface area contributed by atoms with Gasteiger partial charge in [0.25, 0.3) is 5.91 Å². The lowest BCUT2D eigenvalue weighted by Crippen LogP contribution is -2.47. The summed E-state index contributed by atoms with van der Waals surface area (Å²) in [4.78, 5) is 18.9. The number of rotatable bonds is 7. The fourth-order valence-electron chi connectivity index (χ4n) is 4.38. The molecule has 11 heteroatoms. The largest absolute Gasteiger partial charge is 0.491 e. The predicted octanol–water partition coefficient (Wildman–Crippen LogP) is 3.76. The summed E-state index contributed by atoms with van der Waals surface area (Å²) < 4.78 is 40.3. The molecular weight excluding hydrogens is 516 g/mol. The van der Waals surface area contributed by atoms with Crippen LogP contribution in [0.25, 0.3) is 22.0 Å². The van der Waals surface area contributed by atoms with E-state index in [9.17, 15) is 13.2 Å². The van der Waals surface area contributed by atoms with Gasteiger partial charge in [0.15, 0.2) is 0 Å². The van der Waals surface area contributed by atoms with Crippen LogP contribution in [0.1, 0.15) is 16.2 Å². The number of nitrogens with two attached hydrogens (primary N) is 1. The number of amides is 1. The lowest BCUT2D eigenvalue weighted by atomic mass is 10.1. The number of nitrogens with zero attached hydrogens (tertiary/aromatic N) is 2. The summed E-state index contributed by atoms with van der Waals surface area (Å²) in [5.74, 6) is -0.232. The molecule has 1 fully saturated rings. The number of H-pyrrole nitrogens is 1. The van der Waals surface area contributed by atoms with Gasteiger partial charge in [0.1, 0.15) is 29.0 Å². The molecule has 0 bridgehead atoms. The zero-order valence-corrected chi connectivity index (χ0v) is 21.6. The number of morpholine rings is 1. The fourth-order valence-corrected chi connectivity index (χ4v) is 6.34. The van der Waals surface area contributed by atoms with Crippen molar-refractivity contribution in [3.63, 3.8) is 0 Å². The Balaban J connectivity index is 1.31. The summed E-state index contributed by atoms with van der Waals surface area (Å²) in [5.41, 5.74) is 8.81. The van der Waals surface area contributed by atoms with Crippen molar-refractivity contribution >= 4 is 38.4 Å². The van der Waals surface area contributed by atoms with Crippen LogP contribution in [0.5, 0.6) is 5.75 Å². The molecule has 3 heterocycles. The van der Waals surface area contributed by atoms with Gasteiger partial charge in [-0.25, -0.2) is 8.42 Å². The maximum atomic E-state index is 13.7. The van der Waals surface area contributed by atoms with E-state index in [1.165, 1.54) is 10.4 Å². The van der Waals surface area contributed by atoms with E-state index in [4.69, 9.17) is 26.8 Å². The molecule has 1 aliphatic heterocycles. The molecule has 192 valence electrons. The molecule has 1 saturated heterocycles. The van der Waals surface area contributed by atoms with Crippen LogP contribution < -0.4 is 10.5 Å². The highest BCUT2D eigenvalue weighted by molar-refractivity contribution is 7.89. The van der Waals surface area contributed by atoms with Crippen LogP contribution in [0, 0.1) is 6.92 Å². The summed E-state index contributed by atoms with van der Waals surface area (Å²) >= 11 is 6.11. The molecule has 2 aromatic carbocycles. The lowest BCUT2D eigenvalue weighted by Gasteiger charge is -2.32. The van der Waals surface area contributed by atoms with Gasteiger partial charge in [-0.3, -0.25) is 9.78 Å². The number of carbonyl (C=O) groups is 1. The molecule has 0 radical (unpaired) electrons. The Hall–Kier alpha value is -3.44. The third-order valence-electron chi connectivity index (χ3n) is 6.18. The Morgan fingerprint density at radius 1 is 1.19 bits per heavy atom. The minimum atomic E-state index is -4.09. The van der Waals surface area contributed by atoms with Crippen molar-refractivity contribution in [1.82, 2.24) is 14.3 Å². The SMILES string of the molecule is Cc1cc(-c2ccc(OCC3CN(S(=O)(=O)c4c(C(N)=O)[nH]c5ccc(Cl)cc45)CCO3)cc2)ccn1. The maximum absolute atomic E-state index is 13.7. The van der Waals surface area contributed by atoms with Crippen molar-refractivity contribution in [2.24, 2.45) is 5.73 Å². The smallest absolute Gasteiger partial charge is 0.266 e. The number of aryl methyl sites for hydroxylation is 1. The molecule has 0 spiro atoms. The number of ether oxygens (including phenoxy) is 2. The number of hydrogen-bond donors (Lipinski definition) is 2. The number of halogens is 1. The van der Waals surface area contributed by atoms with Crippen LogP contribution in [-0.2, 0) is 14.8 Å². The molecule has 37 heavy (non-hydrogen) atoms. The van der Waals surface area contributed by atoms with Gasteiger partial charge in [0, 0.05) is 40.9 Å². The molecule has 1 amide bonds. The number of carbonyl (C=O) groups excluding carboxylic acids is 1. The minimum absolute atomic E-state index is 0.0577. The van der Waals surface area contributed by atoms with E-state index in [2.05, 4.69) is 9.97 Å². The van der Waals surface area contributed by atoms with E-state index in [1.807, 2.05) is 43.3 Å². The highest BCUT2D eigenvalue weighted by Gasteiger charge is 2.36. The fraction of sp³-hybridized carbons (Fsp3) is 0.231. The van der Waals surface area contributed by atoms with Gasteiger partial charge in [-0.05, 0) is 60.5 Å². The van der Waals surface area contributed by atoms with Crippen molar-refractivity contribution in [3.05, 3.63) is 77.2 Å². The van der Waals surface area contributed by atoms with Crippen LogP contribution >= 0.6 is 11.6 Å². The van der Waals surface area contributed by atoms with Crippen LogP contribution in [-0.4, -0.2) is 61.0 Å². The molecule has 3 N–H and O–H groups in total. The third kappa shape index (κ3) is 5.19. The maximum Gasteiger partial charge on any atom is 0.266 e. The number of sulfonamides is 1. The predicted molar refractivity (Wildman–Crippen MR) is 140 cm³/mol. The first kappa shape index (κ1) is 25.2. The van der Waals surface area contributed by atoms with Gasteiger partial charge in [0.2, 0.25) is 10.0 Å². The van der Waals surface area contributed by atoms with Crippen molar-refractivity contribution in [2.45, 2.75) is 17.9 Å². The van der Waals surface area contributed by atoms with Crippen LogP contribution in [0.2, 0.25) is 5.02 Å². The Kier molecular flexibility index (Phi) is 6.91. The first-order valence-corrected chi connectivity index (χ1v) is 13.4. The molecule has 4 aromatic rings. The van der Waals surface area contributed by atoms with Crippen molar-refractivity contribution in [1.29, 1.82) is 0 Å². The summed E-state index contributed by atoms with van der Waals surface area (Å²) in [6.45, 7) is 2.47. The lowest BCUT2D eigenvalue weighted by molar-refractivity contribution is -0.0249. The Bertz CT molecular complexity index is 1570. The summed E-state index contributed by atoms with van der Waals surface area (Å²) in [5, 5.41) is 0.655. The van der Waals surface area contributed by atoms with E-state index in [0.29, 0.717) is 21.7 Å². The van der Waals surface area contributed by atoms with Gasteiger partial charge >= 0.3 is 0 Å². The van der Waals surface area contributed by atoms with Crippen LogP contribution in [0.15, 0.2) is 65.7 Å². The normalized spacial score (nSPS) is 16.6. The average molecular weight is 541 g/mol. The number of primary amides is 1.